The first-order valence-corrected chi connectivity index (χ1v) is 7.18. The zero-order valence-corrected chi connectivity index (χ0v) is 12.6. The first-order valence-electron chi connectivity index (χ1n) is 7.18. The summed E-state index contributed by atoms with van der Waals surface area (Å²) < 4.78 is 2.07. The van der Waals surface area contributed by atoms with E-state index in [1.54, 1.807) is 7.05 Å². The summed E-state index contributed by atoms with van der Waals surface area (Å²) in [5.74, 6) is 0.495. The molecule has 22 heavy (non-hydrogen) atoms. The summed E-state index contributed by atoms with van der Waals surface area (Å²) in [5.41, 5.74) is 0.782. The minimum Gasteiger partial charge on any atom is -0.355 e. The van der Waals surface area contributed by atoms with E-state index < -0.39 is 0 Å². The fourth-order valence-corrected chi connectivity index (χ4v) is 1.93. The minimum atomic E-state index is -0.112. The molecule has 0 bridgehead atoms. The monoisotopic (exact) mass is 299 g/mol. The van der Waals surface area contributed by atoms with Crippen LogP contribution < -0.4 is 16.0 Å². The van der Waals surface area contributed by atoms with Gasteiger partial charge in [0.25, 0.3) is 0 Å². The lowest BCUT2D eigenvalue weighted by Crippen LogP contribution is -2.42. The molecule has 2 rings (SSSR count). The van der Waals surface area contributed by atoms with Crippen LogP contribution in [0.1, 0.15) is 0 Å². The summed E-state index contributed by atoms with van der Waals surface area (Å²) in [6, 6.07) is 13.3. The quantitative estimate of drug-likeness (QED) is 0.556. The van der Waals surface area contributed by atoms with Crippen molar-refractivity contribution in [3.8, 4) is 0 Å². The summed E-state index contributed by atoms with van der Waals surface area (Å²) in [4.78, 5) is 15.9. The Morgan fingerprint density at radius 2 is 1.82 bits per heavy atom. The third-order valence-electron chi connectivity index (χ3n) is 3.03. The molecule has 3 N–H and O–H groups in total. The van der Waals surface area contributed by atoms with E-state index >= 15 is 0 Å². The fraction of sp³-hybridized carbons (Fsp3) is 0.250. The molecule has 6 heteroatoms. The number of nitrogens with one attached hydrogen (secondary N) is 3. The van der Waals surface area contributed by atoms with Gasteiger partial charge in [-0.3, -0.25) is 9.79 Å². The Morgan fingerprint density at radius 3 is 2.50 bits per heavy atom. The number of benzene rings is 1. The molecular formula is C16H21N5O. The Morgan fingerprint density at radius 1 is 1.09 bits per heavy atom. The van der Waals surface area contributed by atoms with Crippen LogP contribution in [-0.4, -0.2) is 36.6 Å². The molecule has 0 aliphatic heterocycles. The van der Waals surface area contributed by atoms with Crippen LogP contribution in [0.4, 0.5) is 5.69 Å². The maximum absolute atomic E-state index is 11.8. The van der Waals surface area contributed by atoms with E-state index in [4.69, 9.17) is 0 Å². The smallest absolute Gasteiger partial charge is 0.243 e. The molecule has 0 spiro atoms. The lowest BCUT2D eigenvalue weighted by atomic mass is 10.3. The summed E-state index contributed by atoms with van der Waals surface area (Å²) in [6.07, 6.45) is 4.01. The molecule has 0 radical (unpaired) electrons. The van der Waals surface area contributed by atoms with Gasteiger partial charge in [0.15, 0.2) is 5.96 Å². The Balaban J connectivity index is 1.68. The van der Waals surface area contributed by atoms with E-state index in [1.165, 1.54) is 0 Å². The number of aromatic nitrogens is 1. The number of carbonyl (C=O) groups is 1. The zero-order valence-electron chi connectivity index (χ0n) is 12.6. The van der Waals surface area contributed by atoms with Gasteiger partial charge >= 0.3 is 0 Å². The van der Waals surface area contributed by atoms with Crippen LogP contribution in [0, 0.1) is 0 Å². The lowest BCUT2D eigenvalue weighted by molar-refractivity contribution is -0.115. The van der Waals surface area contributed by atoms with Crippen LogP contribution in [0.15, 0.2) is 59.9 Å². The van der Waals surface area contributed by atoms with E-state index in [-0.39, 0.29) is 12.5 Å². The second-order valence-electron chi connectivity index (χ2n) is 4.69. The van der Waals surface area contributed by atoms with Gasteiger partial charge in [-0.05, 0) is 24.3 Å². The van der Waals surface area contributed by atoms with Crippen LogP contribution in [0.25, 0.3) is 0 Å². The largest absolute Gasteiger partial charge is 0.355 e. The highest BCUT2D eigenvalue weighted by atomic mass is 16.1. The molecule has 1 aromatic heterocycles. The van der Waals surface area contributed by atoms with E-state index in [0.717, 1.165) is 18.8 Å². The second-order valence-corrected chi connectivity index (χ2v) is 4.69. The van der Waals surface area contributed by atoms with Crippen molar-refractivity contribution in [2.75, 3.05) is 25.5 Å². The summed E-state index contributed by atoms with van der Waals surface area (Å²) >= 11 is 0. The molecule has 0 saturated heterocycles. The first-order chi connectivity index (χ1) is 10.8. The Bertz CT molecular complexity index is 592. The van der Waals surface area contributed by atoms with Crippen molar-refractivity contribution >= 4 is 17.6 Å². The van der Waals surface area contributed by atoms with Gasteiger partial charge in [0.2, 0.25) is 5.91 Å². The van der Waals surface area contributed by atoms with Crippen molar-refractivity contribution in [1.82, 2.24) is 15.2 Å². The van der Waals surface area contributed by atoms with E-state index in [1.807, 2.05) is 54.9 Å². The molecule has 2 aromatic rings. The molecule has 0 aliphatic carbocycles. The zero-order chi connectivity index (χ0) is 15.6. The molecule has 1 heterocycles. The minimum absolute atomic E-state index is 0.112. The molecule has 0 fully saturated rings. The normalized spacial score (nSPS) is 11.0. The number of hydrogen-bond acceptors (Lipinski definition) is 2. The van der Waals surface area contributed by atoms with Gasteiger partial charge in [-0.25, -0.2) is 0 Å². The summed E-state index contributed by atoms with van der Waals surface area (Å²) in [5, 5.41) is 8.96. The molecule has 1 aromatic carbocycles. The molecule has 0 aliphatic rings. The number of rotatable bonds is 6. The van der Waals surface area contributed by atoms with Crippen LogP contribution in [0.2, 0.25) is 0 Å². The highest BCUT2D eigenvalue weighted by Crippen LogP contribution is 2.03. The number of para-hydroxylation sites is 1. The van der Waals surface area contributed by atoms with Crippen molar-refractivity contribution in [2.24, 2.45) is 4.99 Å². The summed E-state index contributed by atoms with van der Waals surface area (Å²) in [6.45, 7) is 1.73. The molecular weight excluding hydrogens is 278 g/mol. The highest BCUT2D eigenvalue weighted by Gasteiger charge is 2.03. The Kier molecular flexibility index (Phi) is 6.04. The van der Waals surface area contributed by atoms with Gasteiger partial charge in [0.05, 0.1) is 6.54 Å². The van der Waals surface area contributed by atoms with Crippen LogP contribution in [0.3, 0.4) is 0 Å². The van der Waals surface area contributed by atoms with Crippen LogP contribution >= 0.6 is 0 Å². The van der Waals surface area contributed by atoms with E-state index in [2.05, 4.69) is 25.5 Å². The molecule has 6 nitrogen and oxygen atoms in total. The highest BCUT2D eigenvalue weighted by molar-refractivity contribution is 5.94. The number of aliphatic imine (C=N–C) groups is 1. The maximum atomic E-state index is 11.8. The topological polar surface area (TPSA) is 70.5 Å². The van der Waals surface area contributed by atoms with Crippen LogP contribution in [0.5, 0.6) is 0 Å². The van der Waals surface area contributed by atoms with Gasteiger partial charge in [-0.15, -0.1) is 0 Å². The standard InChI is InChI=1S/C16H21N5O/c1-17-16(18-9-12-21-10-5-6-11-21)19-13-15(22)20-14-7-3-2-4-8-14/h2-8,10-11H,9,12-13H2,1H3,(H,20,22)(H2,17,18,19). The SMILES string of the molecule is CN=C(NCCn1cccc1)NCC(=O)Nc1ccccc1. The van der Waals surface area contributed by atoms with Crippen LogP contribution in [-0.2, 0) is 11.3 Å². The van der Waals surface area contributed by atoms with Crippen molar-refractivity contribution in [1.29, 1.82) is 0 Å². The molecule has 0 atom stereocenters. The van der Waals surface area contributed by atoms with Crippen molar-refractivity contribution in [2.45, 2.75) is 6.54 Å². The Labute approximate surface area is 130 Å². The van der Waals surface area contributed by atoms with E-state index in [9.17, 15) is 4.79 Å². The number of nitrogens with zero attached hydrogens (tertiary/aromatic N) is 2. The third-order valence-corrected chi connectivity index (χ3v) is 3.03. The predicted octanol–water partition coefficient (Wildman–Crippen LogP) is 1.29. The molecule has 116 valence electrons. The van der Waals surface area contributed by atoms with Gasteiger partial charge in [0, 0.05) is 38.2 Å². The first kappa shape index (κ1) is 15.6. The third kappa shape index (κ3) is 5.32. The Hall–Kier alpha value is -2.76. The molecule has 1 amide bonds. The molecule has 0 unspecified atom stereocenters. The summed E-state index contributed by atoms with van der Waals surface area (Å²) in [7, 11) is 1.68. The average molecular weight is 299 g/mol. The van der Waals surface area contributed by atoms with Gasteiger partial charge in [-0.1, -0.05) is 18.2 Å². The van der Waals surface area contributed by atoms with Gasteiger partial charge in [-0.2, -0.15) is 0 Å². The van der Waals surface area contributed by atoms with Gasteiger partial charge < -0.3 is 20.5 Å². The van der Waals surface area contributed by atoms with Crippen molar-refractivity contribution in [3.63, 3.8) is 0 Å². The van der Waals surface area contributed by atoms with Crippen molar-refractivity contribution in [3.05, 3.63) is 54.9 Å². The maximum Gasteiger partial charge on any atom is 0.243 e. The number of amides is 1. The number of guanidine groups is 1. The lowest BCUT2D eigenvalue weighted by Gasteiger charge is -2.12. The van der Waals surface area contributed by atoms with E-state index in [0.29, 0.717) is 5.96 Å². The van der Waals surface area contributed by atoms with Crippen molar-refractivity contribution < 1.29 is 4.79 Å². The second kappa shape index (κ2) is 8.51. The van der Waals surface area contributed by atoms with Gasteiger partial charge in [0.1, 0.15) is 0 Å². The number of carbonyl (C=O) groups excluding carboxylic acids is 1. The number of hydrogen-bond donors (Lipinski definition) is 3. The molecule has 0 saturated carbocycles. The predicted molar refractivity (Wildman–Crippen MR) is 88.9 cm³/mol. The fourth-order valence-electron chi connectivity index (χ4n) is 1.93. The average Bonchev–Trinajstić information content (AvgIpc) is 3.05. The number of anilines is 1.